The molecule has 1 aliphatic carbocycles. The number of hydrogen-bond acceptors (Lipinski definition) is 3. The minimum atomic E-state index is 0.521. The molecule has 4 heteroatoms. The summed E-state index contributed by atoms with van der Waals surface area (Å²) >= 11 is 0. The Kier molecular flexibility index (Phi) is 2.54. The molecule has 1 saturated carbocycles. The molecule has 1 heterocycles. The third-order valence-corrected chi connectivity index (χ3v) is 3.06. The molecule has 0 aromatic carbocycles. The van der Waals surface area contributed by atoms with Gasteiger partial charge in [-0.1, -0.05) is 5.21 Å². The molecular formula is C10H18N4. The van der Waals surface area contributed by atoms with Crippen LogP contribution in [0, 0.1) is 12.8 Å². The lowest BCUT2D eigenvalue weighted by Crippen LogP contribution is -2.12. The highest BCUT2D eigenvalue weighted by atomic mass is 15.4. The lowest BCUT2D eigenvalue weighted by Gasteiger charge is -2.11. The molecule has 14 heavy (non-hydrogen) atoms. The van der Waals surface area contributed by atoms with Crippen molar-refractivity contribution in [3.05, 3.63) is 11.4 Å². The van der Waals surface area contributed by atoms with E-state index in [1.165, 1.54) is 18.5 Å². The lowest BCUT2D eigenvalue weighted by molar-refractivity contribution is 0.420. The highest BCUT2D eigenvalue weighted by Crippen LogP contribution is 2.39. The first-order valence-corrected chi connectivity index (χ1v) is 5.29. The maximum atomic E-state index is 4.22. The molecule has 1 aromatic heterocycles. The largest absolute Gasteiger partial charge is 0.314 e. The van der Waals surface area contributed by atoms with E-state index in [1.807, 2.05) is 7.05 Å². The molecule has 0 bridgehead atoms. The van der Waals surface area contributed by atoms with E-state index in [9.17, 15) is 0 Å². The smallest absolute Gasteiger partial charge is 0.0993 e. The number of aromatic nitrogens is 3. The van der Waals surface area contributed by atoms with Crippen LogP contribution in [0.2, 0.25) is 0 Å². The molecule has 0 spiro atoms. The van der Waals surface area contributed by atoms with Crippen molar-refractivity contribution < 1.29 is 0 Å². The maximum absolute atomic E-state index is 4.22. The summed E-state index contributed by atoms with van der Waals surface area (Å²) in [6, 6.07) is 0.521. The Labute approximate surface area is 84.7 Å². The van der Waals surface area contributed by atoms with Crippen LogP contribution in [-0.4, -0.2) is 22.0 Å². The molecular weight excluding hydrogens is 176 g/mol. The van der Waals surface area contributed by atoms with Crippen molar-refractivity contribution in [2.75, 3.05) is 7.05 Å². The Morgan fingerprint density at radius 2 is 2.29 bits per heavy atom. The summed E-state index contributed by atoms with van der Waals surface area (Å²) in [7, 11) is 1.93. The normalized spacial score (nSPS) is 18.5. The first-order chi connectivity index (χ1) is 6.74. The molecule has 0 aliphatic heterocycles. The van der Waals surface area contributed by atoms with Crippen molar-refractivity contribution in [1.29, 1.82) is 0 Å². The molecule has 0 radical (unpaired) electrons. The van der Waals surface area contributed by atoms with Gasteiger partial charge in [-0.05, 0) is 39.7 Å². The van der Waals surface area contributed by atoms with Crippen LogP contribution in [0.5, 0.6) is 0 Å². The standard InChI is InChI=1S/C10H18N4/c1-7(9-4-5-9)14-8(2)10(6-11-3)12-13-14/h7,9,11H,4-6H2,1-3H3. The number of rotatable bonds is 4. The Hall–Kier alpha value is -0.900. The third-order valence-electron chi connectivity index (χ3n) is 3.06. The Morgan fingerprint density at radius 1 is 1.57 bits per heavy atom. The van der Waals surface area contributed by atoms with Crippen molar-refractivity contribution in [3.63, 3.8) is 0 Å². The molecule has 1 atom stereocenters. The van der Waals surface area contributed by atoms with Gasteiger partial charge in [0.2, 0.25) is 0 Å². The Balaban J connectivity index is 2.16. The van der Waals surface area contributed by atoms with Gasteiger partial charge in [0, 0.05) is 6.54 Å². The summed E-state index contributed by atoms with van der Waals surface area (Å²) in [6.07, 6.45) is 2.70. The summed E-state index contributed by atoms with van der Waals surface area (Å²) in [5.74, 6) is 0.831. The van der Waals surface area contributed by atoms with Gasteiger partial charge in [0.15, 0.2) is 0 Å². The van der Waals surface area contributed by atoms with Crippen LogP contribution >= 0.6 is 0 Å². The van der Waals surface area contributed by atoms with Crippen LogP contribution in [0.25, 0.3) is 0 Å². The van der Waals surface area contributed by atoms with Gasteiger partial charge >= 0.3 is 0 Å². The average molecular weight is 194 g/mol. The van der Waals surface area contributed by atoms with Gasteiger partial charge in [-0.3, -0.25) is 0 Å². The molecule has 0 amide bonds. The molecule has 1 fully saturated rings. The second-order valence-electron chi connectivity index (χ2n) is 4.17. The van der Waals surface area contributed by atoms with Crippen LogP contribution in [-0.2, 0) is 6.54 Å². The number of nitrogens with zero attached hydrogens (tertiary/aromatic N) is 3. The first-order valence-electron chi connectivity index (χ1n) is 5.29. The number of nitrogens with one attached hydrogen (secondary N) is 1. The second kappa shape index (κ2) is 3.69. The third kappa shape index (κ3) is 1.66. The average Bonchev–Trinajstić information content (AvgIpc) is 2.94. The number of hydrogen-bond donors (Lipinski definition) is 1. The summed E-state index contributed by atoms with van der Waals surface area (Å²) in [5, 5.41) is 11.5. The maximum Gasteiger partial charge on any atom is 0.0993 e. The monoisotopic (exact) mass is 194 g/mol. The molecule has 78 valence electrons. The molecule has 1 N–H and O–H groups in total. The highest BCUT2D eigenvalue weighted by molar-refractivity contribution is 5.08. The Morgan fingerprint density at radius 3 is 2.86 bits per heavy atom. The van der Waals surface area contributed by atoms with Crippen molar-refractivity contribution >= 4 is 0 Å². The van der Waals surface area contributed by atoms with Gasteiger partial charge in [0.25, 0.3) is 0 Å². The zero-order chi connectivity index (χ0) is 10.1. The fourth-order valence-electron chi connectivity index (χ4n) is 1.87. The Bertz CT molecular complexity index is 314. The minimum Gasteiger partial charge on any atom is -0.314 e. The van der Waals surface area contributed by atoms with E-state index in [4.69, 9.17) is 0 Å². The van der Waals surface area contributed by atoms with Crippen LogP contribution in [0.4, 0.5) is 0 Å². The van der Waals surface area contributed by atoms with Crippen molar-refractivity contribution in [1.82, 2.24) is 20.3 Å². The van der Waals surface area contributed by atoms with Gasteiger partial charge in [-0.25, -0.2) is 4.68 Å². The van der Waals surface area contributed by atoms with E-state index in [1.54, 1.807) is 0 Å². The second-order valence-corrected chi connectivity index (χ2v) is 4.17. The van der Waals surface area contributed by atoms with E-state index in [0.717, 1.165) is 18.2 Å². The van der Waals surface area contributed by atoms with Crippen LogP contribution in [0.15, 0.2) is 0 Å². The quantitative estimate of drug-likeness (QED) is 0.785. The zero-order valence-corrected chi connectivity index (χ0v) is 9.12. The fraction of sp³-hybridized carbons (Fsp3) is 0.800. The van der Waals surface area contributed by atoms with Gasteiger partial charge in [-0.15, -0.1) is 5.10 Å². The topological polar surface area (TPSA) is 42.7 Å². The molecule has 1 aromatic rings. The van der Waals surface area contributed by atoms with E-state index >= 15 is 0 Å². The fourth-order valence-corrected chi connectivity index (χ4v) is 1.87. The molecule has 1 unspecified atom stereocenters. The summed E-state index contributed by atoms with van der Waals surface area (Å²) in [6.45, 7) is 5.15. The SMILES string of the molecule is CNCc1nnn(C(C)C2CC2)c1C. The predicted molar refractivity (Wildman–Crippen MR) is 55.0 cm³/mol. The summed E-state index contributed by atoms with van der Waals surface area (Å²) in [4.78, 5) is 0. The summed E-state index contributed by atoms with van der Waals surface area (Å²) in [5.41, 5.74) is 2.28. The molecule has 4 nitrogen and oxygen atoms in total. The van der Waals surface area contributed by atoms with Gasteiger partial charge in [0.1, 0.15) is 0 Å². The zero-order valence-electron chi connectivity index (χ0n) is 9.12. The van der Waals surface area contributed by atoms with Crippen LogP contribution in [0.1, 0.15) is 37.2 Å². The predicted octanol–water partition coefficient (Wildman–Crippen LogP) is 1.28. The van der Waals surface area contributed by atoms with Crippen molar-refractivity contribution in [2.24, 2.45) is 5.92 Å². The minimum absolute atomic E-state index is 0.521. The van der Waals surface area contributed by atoms with Gasteiger partial charge < -0.3 is 5.32 Å². The van der Waals surface area contributed by atoms with E-state index in [0.29, 0.717) is 6.04 Å². The lowest BCUT2D eigenvalue weighted by atomic mass is 10.2. The van der Waals surface area contributed by atoms with E-state index < -0.39 is 0 Å². The van der Waals surface area contributed by atoms with Gasteiger partial charge in [-0.2, -0.15) is 0 Å². The van der Waals surface area contributed by atoms with E-state index in [-0.39, 0.29) is 0 Å². The van der Waals surface area contributed by atoms with Crippen molar-refractivity contribution in [2.45, 2.75) is 39.3 Å². The van der Waals surface area contributed by atoms with Crippen LogP contribution < -0.4 is 5.32 Å². The van der Waals surface area contributed by atoms with E-state index in [2.05, 4.69) is 34.2 Å². The van der Waals surface area contributed by atoms with Gasteiger partial charge in [0.05, 0.1) is 17.4 Å². The summed E-state index contributed by atoms with van der Waals surface area (Å²) < 4.78 is 2.07. The first kappa shape index (κ1) is 9.65. The molecule has 0 saturated heterocycles. The molecule has 1 aliphatic rings. The van der Waals surface area contributed by atoms with Crippen molar-refractivity contribution in [3.8, 4) is 0 Å². The molecule has 2 rings (SSSR count). The highest BCUT2D eigenvalue weighted by Gasteiger charge is 2.30. The van der Waals surface area contributed by atoms with Crippen LogP contribution in [0.3, 0.4) is 0 Å².